The molecule has 2 rings (SSSR count). The summed E-state index contributed by atoms with van der Waals surface area (Å²) < 4.78 is 5.51. The first-order valence-corrected chi connectivity index (χ1v) is 9.27. The maximum absolute atomic E-state index is 12.3. The summed E-state index contributed by atoms with van der Waals surface area (Å²) in [6.45, 7) is 3.90. The lowest BCUT2D eigenvalue weighted by Gasteiger charge is -2.34. The normalized spacial score (nSPS) is 21.7. The number of carboxylic acid groups (broad SMARTS) is 1. The number of carbonyl (C=O) groups is 2. The van der Waals surface area contributed by atoms with Crippen LogP contribution < -0.4 is 11.1 Å². The number of ether oxygens (including phenoxy) is 1. The van der Waals surface area contributed by atoms with E-state index < -0.39 is 11.7 Å². The van der Waals surface area contributed by atoms with Crippen LogP contribution in [0.25, 0.3) is 0 Å². The van der Waals surface area contributed by atoms with Crippen LogP contribution in [0.4, 0.5) is 4.79 Å². The van der Waals surface area contributed by atoms with Gasteiger partial charge in [0.05, 0.1) is 5.92 Å². The molecule has 0 saturated heterocycles. The lowest BCUT2D eigenvalue weighted by Crippen LogP contribution is -2.44. The second-order valence-corrected chi connectivity index (χ2v) is 7.74. The Kier molecular flexibility index (Phi) is 7.03. The van der Waals surface area contributed by atoms with Gasteiger partial charge in [0.2, 0.25) is 0 Å². The molecule has 6 heteroatoms. The van der Waals surface area contributed by atoms with Crippen molar-refractivity contribution in [3.05, 3.63) is 35.9 Å². The topological polar surface area (TPSA) is 102 Å². The van der Waals surface area contributed by atoms with Gasteiger partial charge in [0.1, 0.15) is 5.60 Å². The van der Waals surface area contributed by atoms with Gasteiger partial charge in [-0.3, -0.25) is 4.79 Å². The van der Waals surface area contributed by atoms with Gasteiger partial charge in [-0.25, -0.2) is 4.79 Å². The summed E-state index contributed by atoms with van der Waals surface area (Å²) in [5.41, 5.74) is 6.09. The summed E-state index contributed by atoms with van der Waals surface area (Å²) >= 11 is 0. The molecule has 0 aromatic heterocycles. The Morgan fingerprint density at radius 2 is 1.85 bits per heavy atom. The number of nitrogens with two attached hydrogens (primary N) is 1. The minimum atomic E-state index is -1.00. The highest BCUT2D eigenvalue weighted by atomic mass is 16.6. The Labute approximate surface area is 155 Å². The molecule has 1 atom stereocenters. The van der Waals surface area contributed by atoms with Crippen LogP contribution in [-0.2, 0) is 16.0 Å². The highest BCUT2D eigenvalue weighted by Gasteiger charge is 2.34. The van der Waals surface area contributed by atoms with Crippen molar-refractivity contribution in [3.63, 3.8) is 0 Å². The molecule has 1 unspecified atom stereocenters. The van der Waals surface area contributed by atoms with E-state index in [-0.39, 0.29) is 30.4 Å². The van der Waals surface area contributed by atoms with Crippen molar-refractivity contribution in [2.45, 2.75) is 57.6 Å². The van der Waals surface area contributed by atoms with Gasteiger partial charge in [-0.2, -0.15) is 0 Å². The number of carbonyl (C=O) groups excluding carboxylic acids is 1. The number of benzene rings is 1. The van der Waals surface area contributed by atoms with Crippen molar-refractivity contribution in [2.24, 2.45) is 17.6 Å². The molecule has 1 fully saturated rings. The maximum atomic E-state index is 12.3. The van der Waals surface area contributed by atoms with E-state index in [0.717, 1.165) is 31.2 Å². The van der Waals surface area contributed by atoms with Crippen LogP contribution in [0.5, 0.6) is 0 Å². The third kappa shape index (κ3) is 6.02. The van der Waals surface area contributed by atoms with E-state index >= 15 is 0 Å². The Balaban J connectivity index is 1.94. The first-order valence-electron chi connectivity index (χ1n) is 9.27. The number of nitrogens with one attached hydrogen (secondary N) is 1. The van der Waals surface area contributed by atoms with Crippen molar-refractivity contribution in [1.29, 1.82) is 0 Å². The monoisotopic (exact) mass is 362 g/mol. The van der Waals surface area contributed by atoms with E-state index in [1.807, 2.05) is 44.2 Å². The molecule has 1 aromatic rings. The van der Waals surface area contributed by atoms with Crippen molar-refractivity contribution >= 4 is 12.1 Å². The Hall–Kier alpha value is -2.08. The van der Waals surface area contributed by atoms with Gasteiger partial charge < -0.3 is 20.9 Å². The fraction of sp³-hybridized carbons (Fsp3) is 0.600. The van der Waals surface area contributed by atoms with Crippen molar-refractivity contribution in [1.82, 2.24) is 5.32 Å². The molecule has 0 heterocycles. The van der Waals surface area contributed by atoms with Crippen molar-refractivity contribution in [2.75, 3.05) is 6.54 Å². The molecule has 0 bridgehead atoms. The molecule has 4 N–H and O–H groups in total. The number of rotatable bonds is 7. The van der Waals surface area contributed by atoms with Crippen molar-refractivity contribution in [3.8, 4) is 0 Å². The predicted molar refractivity (Wildman–Crippen MR) is 99.8 cm³/mol. The maximum Gasteiger partial charge on any atom is 0.404 e. The van der Waals surface area contributed by atoms with E-state index in [4.69, 9.17) is 10.5 Å². The molecule has 26 heavy (non-hydrogen) atoms. The summed E-state index contributed by atoms with van der Waals surface area (Å²) in [5, 5.41) is 11.9. The van der Waals surface area contributed by atoms with E-state index in [9.17, 15) is 14.7 Å². The van der Waals surface area contributed by atoms with Gasteiger partial charge in [0, 0.05) is 12.6 Å². The minimum Gasteiger partial charge on any atom is -0.465 e. The van der Waals surface area contributed by atoms with E-state index in [1.165, 1.54) is 0 Å². The smallest absolute Gasteiger partial charge is 0.404 e. The van der Waals surface area contributed by atoms with Crippen LogP contribution in [0.3, 0.4) is 0 Å². The second kappa shape index (κ2) is 9.03. The van der Waals surface area contributed by atoms with E-state index in [2.05, 4.69) is 5.32 Å². The molecule has 0 aliphatic heterocycles. The number of amides is 1. The quantitative estimate of drug-likeness (QED) is 0.647. The molecular formula is C20H30N2O4. The van der Waals surface area contributed by atoms with Gasteiger partial charge in [-0.1, -0.05) is 30.3 Å². The third-order valence-electron chi connectivity index (χ3n) is 5.15. The summed E-state index contributed by atoms with van der Waals surface area (Å²) in [6, 6.07) is 9.73. The Bertz CT molecular complexity index is 595. The van der Waals surface area contributed by atoms with Crippen LogP contribution in [0.15, 0.2) is 30.3 Å². The van der Waals surface area contributed by atoms with Crippen LogP contribution in [0, 0.1) is 11.8 Å². The zero-order valence-electron chi connectivity index (χ0n) is 15.6. The van der Waals surface area contributed by atoms with Gasteiger partial charge in [0.25, 0.3) is 0 Å². The summed E-state index contributed by atoms with van der Waals surface area (Å²) in [5.74, 6) is -0.0955. The van der Waals surface area contributed by atoms with E-state index in [0.29, 0.717) is 6.42 Å². The fourth-order valence-corrected chi connectivity index (χ4v) is 3.52. The molecule has 6 nitrogen and oxygen atoms in total. The first kappa shape index (κ1) is 20.2. The molecule has 0 spiro atoms. The second-order valence-electron chi connectivity index (χ2n) is 7.74. The first-order chi connectivity index (χ1) is 12.3. The van der Waals surface area contributed by atoms with Crippen LogP contribution >= 0.6 is 0 Å². The van der Waals surface area contributed by atoms with Gasteiger partial charge in [0.15, 0.2) is 0 Å². The lowest BCUT2D eigenvalue weighted by atomic mass is 9.77. The van der Waals surface area contributed by atoms with Gasteiger partial charge in [-0.15, -0.1) is 0 Å². The summed E-state index contributed by atoms with van der Waals surface area (Å²) in [6.07, 6.45) is 2.71. The van der Waals surface area contributed by atoms with Gasteiger partial charge >= 0.3 is 12.1 Å². The third-order valence-corrected chi connectivity index (χ3v) is 5.15. The number of hydrogen-bond acceptors (Lipinski definition) is 4. The number of hydrogen-bond donors (Lipinski definition) is 3. The lowest BCUT2D eigenvalue weighted by molar-refractivity contribution is -0.162. The molecule has 1 aromatic carbocycles. The average Bonchev–Trinajstić information content (AvgIpc) is 2.61. The van der Waals surface area contributed by atoms with Crippen molar-refractivity contribution < 1.29 is 19.4 Å². The zero-order valence-corrected chi connectivity index (χ0v) is 15.6. The summed E-state index contributed by atoms with van der Waals surface area (Å²) in [7, 11) is 0. The molecule has 1 amide bonds. The SMILES string of the molecule is CC(C)(CN)OC(=O)C1CCC(C(Cc2ccccc2)NC(=O)O)CC1. The molecular weight excluding hydrogens is 332 g/mol. The molecule has 144 valence electrons. The zero-order chi connectivity index (χ0) is 19.2. The minimum absolute atomic E-state index is 0.126. The number of esters is 1. The fourth-order valence-electron chi connectivity index (χ4n) is 3.52. The van der Waals surface area contributed by atoms with Gasteiger partial charge in [-0.05, 0) is 57.4 Å². The Morgan fingerprint density at radius 1 is 1.23 bits per heavy atom. The molecule has 0 radical (unpaired) electrons. The molecule has 1 saturated carbocycles. The molecule has 1 aliphatic carbocycles. The average molecular weight is 362 g/mol. The van der Waals surface area contributed by atoms with E-state index in [1.54, 1.807) is 0 Å². The summed E-state index contributed by atoms with van der Waals surface area (Å²) in [4.78, 5) is 23.5. The Morgan fingerprint density at radius 3 is 2.38 bits per heavy atom. The highest BCUT2D eigenvalue weighted by molar-refractivity contribution is 5.73. The standard InChI is InChI=1S/C20H30N2O4/c1-20(2,13-21)26-18(23)16-10-8-15(9-11-16)17(22-19(24)25)12-14-6-4-3-5-7-14/h3-7,15-17,22H,8-13,21H2,1-2H3,(H,24,25). The van der Waals surface area contributed by atoms with Crippen LogP contribution in [0.1, 0.15) is 45.1 Å². The molecule has 1 aliphatic rings. The largest absolute Gasteiger partial charge is 0.465 e. The van der Waals surface area contributed by atoms with Crippen LogP contribution in [-0.4, -0.2) is 35.4 Å². The predicted octanol–water partition coefficient (Wildman–Crippen LogP) is 2.95. The highest BCUT2D eigenvalue weighted by Crippen LogP contribution is 2.33. The van der Waals surface area contributed by atoms with Crippen LogP contribution in [0.2, 0.25) is 0 Å².